The van der Waals surface area contributed by atoms with Crippen LogP contribution in [0.4, 0.5) is 17.5 Å². The number of carbonyl (C=O) groups excluding carboxylic acids is 1. The van der Waals surface area contributed by atoms with E-state index in [-0.39, 0.29) is 79.1 Å². The van der Waals surface area contributed by atoms with Crippen LogP contribution in [-0.4, -0.2) is 165 Å². The first-order chi connectivity index (χ1) is 45.0. The summed E-state index contributed by atoms with van der Waals surface area (Å²) in [6.07, 6.45) is 7.44. The monoisotopic (exact) mass is 1390 g/mol. The number of nitrogens with one attached hydrogen (secondary N) is 3. The zero-order valence-corrected chi connectivity index (χ0v) is 59.5. The van der Waals surface area contributed by atoms with Crippen molar-refractivity contribution in [3.05, 3.63) is 89.9 Å². The number of hydrogen-bond acceptors (Lipinski definition) is 27. The van der Waals surface area contributed by atoms with Crippen LogP contribution in [0.2, 0.25) is 0 Å². The van der Waals surface area contributed by atoms with Gasteiger partial charge in [0.25, 0.3) is 0 Å². The second-order valence-electron chi connectivity index (χ2n) is 25.8. The number of benzene rings is 3. The molecule has 0 radical (unpaired) electrons. The third-order valence-corrected chi connectivity index (χ3v) is 22.7. The van der Waals surface area contributed by atoms with Crippen molar-refractivity contribution >= 4 is 124 Å². The van der Waals surface area contributed by atoms with E-state index in [1.807, 2.05) is 143 Å². The normalized spacial score (nSPS) is 27.1. The molecule has 3 aliphatic heterocycles. The smallest absolute Gasteiger partial charge is 0.189 e. The molecule has 6 aliphatic rings. The van der Waals surface area contributed by atoms with Crippen molar-refractivity contribution < 1.29 is 43.4 Å². The Kier molecular flexibility index (Phi) is 19.2. The number of carbonyl (C=O) groups is 1. The van der Waals surface area contributed by atoms with E-state index >= 15 is 0 Å². The Morgan fingerprint density at radius 1 is 0.500 bits per heavy atom. The van der Waals surface area contributed by atoms with E-state index in [4.69, 9.17) is 58.3 Å². The molecule has 496 valence electrons. The molecule has 3 saturated heterocycles. The van der Waals surface area contributed by atoms with Gasteiger partial charge in [0.15, 0.2) is 32.8 Å². The van der Waals surface area contributed by atoms with E-state index in [0.29, 0.717) is 21.9 Å². The lowest BCUT2D eigenvalue weighted by Crippen LogP contribution is -2.35. The third-order valence-electron chi connectivity index (χ3n) is 17.9. The van der Waals surface area contributed by atoms with Gasteiger partial charge in [-0.05, 0) is 144 Å². The average Bonchev–Trinajstić information content (AvgIpc) is 1.61. The summed E-state index contributed by atoms with van der Waals surface area (Å²) in [5.41, 5.74) is 8.26. The molecule has 6 fully saturated rings. The van der Waals surface area contributed by atoms with Gasteiger partial charge in [0.2, 0.25) is 0 Å². The summed E-state index contributed by atoms with van der Waals surface area (Å²) in [6.45, 7) is 19.3. The quantitative estimate of drug-likeness (QED) is 0.0363. The van der Waals surface area contributed by atoms with E-state index in [1.54, 1.807) is 34.0 Å². The molecule has 3 aromatic carbocycles. The number of anilines is 3. The number of ether oxygens (including phenoxy) is 6. The molecular formula is C67H78N12O9S6. The summed E-state index contributed by atoms with van der Waals surface area (Å²) in [5, 5.41) is 35.9. The van der Waals surface area contributed by atoms with Crippen molar-refractivity contribution in [2.45, 2.75) is 182 Å². The molecule has 5 N–H and O–H groups in total. The summed E-state index contributed by atoms with van der Waals surface area (Å²) in [6, 6.07) is 24.2. The van der Waals surface area contributed by atoms with Crippen molar-refractivity contribution in [2.75, 3.05) is 41.3 Å². The Labute approximate surface area is 570 Å². The second-order valence-corrected chi connectivity index (χ2v) is 31.2. The highest BCUT2D eigenvalue weighted by atomic mass is 32.2. The fourth-order valence-corrected chi connectivity index (χ4v) is 18.2. The fraction of sp³-hybridized carbons (Fsp3) is 0.493. The lowest BCUT2D eigenvalue weighted by atomic mass is 9.99. The number of para-hydroxylation sites is 3. The first-order valence-electron chi connectivity index (χ1n) is 31.5. The van der Waals surface area contributed by atoms with Gasteiger partial charge in [-0.25, -0.2) is 44.9 Å². The van der Waals surface area contributed by atoms with Crippen LogP contribution < -0.4 is 16.0 Å². The van der Waals surface area contributed by atoms with Crippen LogP contribution in [0.25, 0.3) is 62.4 Å². The molecule has 6 aromatic heterocycles. The predicted octanol–water partition coefficient (Wildman–Crippen LogP) is 12.9. The van der Waals surface area contributed by atoms with E-state index in [2.05, 4.69) is 49.1 Å². The second kappa shape index (κ2) is 27.0. The zero-order valence-electron chi connectivity index (χ0n) is 54.6. The van der Waals surface area contributed by atoms with Gasteiger partial charge >= 0.3 is 0 Å². The molecule has 94 heavy (non-hydrogen) atoms. The number of aryl methyl sites for hydroxylation is 3. The van der Waals surface area contributed by atoms with Crippen LogP contribution in [0.5, 0.6) is 0 Å². The minimum atomic E-state index is -0.709. The van der Waals surface area contributed by atoms with E-state index in [9.17, 15) is 15.0 Å². The van der Waals surface area contributed by atoms with Gasteiger partial charge in [0, 0.05) is 24.4 Å². The van der Waals surface area contributed by atoms with Crippen LogP contribution in [0, 0.1) is 38.5 Å². The molecule has 27 heteroatoms. The minimum Gasteiger partial charge on any atom is -0.396 e. The van der Waals surface area contributed by atoms with Crippen molar-refractivity contribution in [1.29, 1.82) is 0 Å². The molecule has 15 rings (SSSR count). The molecule has 21 nitrogen and oxygen atoms in total. The maximum atomic E-state index is 11.7. The molecule has 13 atom stereocenters. The summed E-state index contributed by atoms with van der Waals surface area (Å²) < 4.78 is 40.3. The third kappa shape index (κ3) is 13.6. The summed E-state index contributed by atoms with van der Waals surface area (Å²) >= 11 is 9.43. The van der Waals surface area contributed by atoms with Crippen LogP contribution in [0.3, 0.4) is 0 Å². The van der Waals surface area contributed by atoms with Crippen LogP contribution >= 0.6 is 69.3 Å². The molecule has 9 aromatic rings. The lowest BCUT2D eigenvalue weighted by molar-refractivity contribution is -0.161. The minimum absolute atomic E-state index is 0.00636. The van der Waals surface area contributed by atoms with E-state index < -0.39 is 23.5 Å². The number of hydrogen-bond donors (Lipinski definition) is 5. The van der Waals surface area contributed by atoms with E-state index in [0.717, 1.165) is 116 Å². The number of aromatic nitrogens is 9. The zero-order chi connectivity index (χ0) is 66.1. The Morgan fingerprint density at radius 3 is 1.21 bits per heavy atom. The molecule has 9 heterocycles. The lowest BCUT2D eigenvalue weighted by Gasteiger charge is -2.25. The first-order valence-corrected chi connectivity index (χ1v) is 37.6. The van der Waals surface area contributed by atoms with Crippen LogP contribution in [0.1, 0.15) is 84.8 Å². The number of aliphatic hydroxyl groups excluding tert-OH is 2. The molecule has 0 spiro atoms. The van der Waals surface area contributed by atoms with Crippen LogP contribution in [-0.2, 0) is 33.2 Å². The van der Waals surface area contributed by atoms with Crippen molar-refractivity contribution in [2.24, 2.45) is 17.8 Å². The predicted molar refractivity (Wildman–Crippen MR) is 374 cm³/mol. The van der Waals surface area contributed by atoms with Gasteiger partial charge in [-0.15, -0.1) is 34.0 Å². The topological polar surface area (TPSA) is 265 Å². The van der Waals surface area contributed by atoms with Gasteiger partial charge in [0.05, 0.1) is 107 Å². The first kappa shape index (κ1) is 67.0. The number of aldehydes is 1. The number of thioether (sulfide) groups is 3. The number of fused-ring (bicyclic) bond motifs is 6. The maximum absolute atomic E-state index is 11.7. The molecule has 0 amide bonds. The molecule has 0 bridgehead atoms. The number of nitrogens with zero attached hydrogens (tertiary/aromatic N) is 9. The highest BCUT2D eigenvalue weighted by Crippen LogP contribution is 2.49. The van der Waals surface area contributed by atoms with Gasteiger partial charge in [-0.3, -0.25) is 0 Å². The Morgan fingerprint density at radius 2 is 0.840 bits per heavy atom. The Bertz CT molecular complexity index is 4170. The molecule has 3 unspecified atom stereocenters. The SMILES string of the molecule is CSc1nc(C)c(-c2nc3ccccc3s2)c(N[C@@H]2CC(C(C)O)[C@H]3OC(C)(C)O[C@H]32)n1.CSc1nc(C)c(-c2nc3ccccc3s2)c(N[C@@H]2CC(C=O)[C@H]3OC(C)(C)O[C@H]32)n1.CSc1nc(C)c(-c2nc3ccccc3s2)c(N[C@@H]2C[C@H](CO)[C@H]3OC(C)(C)O[C@H]32)n1. The van der Waals surface area contributed by atoms with Gasteiger partial charge in [-0.2, -0.15) is 0 Å². The van der Waals surface area contributed by atoms with Gasteiger partial charge < -0.3 is 59.4 Å². The molecule has 3 aliphatic carbocycles. The van der Waals surface area contributed by atoms with Crippen molar-refractivity contribution in [1.82, 2.24) is 44.9 Å². The van der Waals surface area contributed by atoms with Crippen LogP contribution in [0.15, 0.2) is 88.3 Å². The highest BCUT2D eigenvalue weighted by Gasteiger charge is 2.57. The van der Waals surface area contributed by atoms with Gasteiger partial charge in [-0.1, -0.05) is 71.7 Å². The number of aliphatic hydroxyl groups is 2. The Hall–Kier alpha value is -5.63. The summed E-state index contributed by atoms with van der Waals surface area (Å²) in [4.78, 5) is 54.7. The number of rotatable bonds is 15. The van der Waals surface area contributed by atoms with E-state index in [1.165, 1.54) is 35.3 Å². The molecule has 3 saturated carbocycles. The average molecular weight is 1390 g/mol. The Balaban J connectivity index is 0.000000128. The van der Waals surface area contributed by atoms with Crippen molar-refractivity contribution in [3.63, 3.8) is 0 Å². The summed E-state index contributed by atoms with van der Waals surface area (Å²) in [7, 11) is 0. The standard InChI is InChI=1S/C23H28N4O3S2.C22H26N4O3S2.C22H24N4O3S2/c1-11-17(21-26-14-8-6-7-9-16(14)32-21)20(27-22(24-11)31-5)25-15-10-13(12(2)28)18-19(15)30-23(3,4)29-18;2*1-11-16(20-25-13-7-5-6-8-15(13)31-20)19(26-21(23-11)30-4)24-14-9-12(10-27)17-18(14)29-22(2,3)28-17/h6-9,12-13,15,18-19,28H,10H2,1-5H3,(H,24,25,27);5-8,12,14,17-18,27H,9-10H2,1-4H3,(H,23,24,26);5-8,10,12,14,17-18H,9H2,1-4H3,(H,23,24,26)/t12?,13?,15-,18-,19+;12-,14-,17-,18+;12?,14-,17-,18+/m111/s1. The largest absolute Gasteiger partial charge is 0.396 e. The fourth-order valence-electron chi connectivity index (χ4n) is 13.8. The summed E-state index contributed by atoms with van der Waals surface area (Å²) in [5.74, 6) is -0.00576. The van der Waals surface area contributed by atoms with Gasteiger partial charge in [0.1, 0.15) is 57.1 Å². The van der Waals surface area contributed by atoms with Crippen molar-refractivity contribution in [3.8, 4) is 31.7 Å². The maximum Gasteiger partial charge on any atom is 0.189 e. The highest BCUT2D eigenvalue weighted by molar-refractivity contribution is 7.98. The molecular weight excluding hydrogens is 1310 g/mol. The number of thiazole rings is 3.